The van der Waals surface area contributed by atoms with Crippen LogP contribution in [-0.2, 0) is 12.6 Å². The van der Waals surface area contributed by atoms with Crippen LogP contribution in [0.15, 0.2) is 54.7 Å². The summed E-state index contributed by atoms with van der Waals surface area (Å²) in [5, 5.41) is 5.94. The van der Waals surface area contributed by atoms with E-state index >= 15 is 0 Å². The first-order valence-electron chi connectivity index (χ1n) is 12.8. The molecule has 1 aliphatic carbocycles. The Labute approximate surface area is 210 Å². The number of hydrogen-bond donors (Lipinski definition) is 2. The largest absolute Gasteiger partial charge is 0.490 e. The maximum atomic E-state index is 13.7. The summed E-state index contributed by atoms with van der Waals surface area (Å²) in [7, 11) is 0. The molecule has 1 heterocycles. The van der Waals surface area contributed by atoms with Crippen LogP contribution in [-0.4, -0.2) is 16.1 Å². The van der Waals surface area contributed by atoms with Gasteiger partial charge >= 0.3 is 6.18 Å². The Morgan fingerprint density at radius 2 is 1.69 bits per heavy atom. The monoisotopic (exact) mass is 498 g/mol. The van der Waals surface area contributed by atoms with Gasteiger partial charge in [-0.15, -0.1) is 0 Å². The Morgan fingerprint density at radius 1 is 0.944 bits per heavy atom. The summed E-state index contributed by atoms with van der Waals surface area (Å²) in [5.74, 6) is 0.581. The molecule has 4 rings (SSSR count). The van der Waals surface area contributed by atoms with Crippen molar-refractivity contribution in [1.29, 1.82) is 0 Å². The molecule has 0 unspecified atom stereocenters. The van der Waals surface area contributed by atoms with E-state index in [9.17, 15) is 13.2 Å². The SMILES string of the molecule is CCCCCc1ccccc1Nc1nc(Nc2ccc(OC3CCCCC3)cc2)ncc1C(F)(F)F. The molecule has 0 atom stereocenters. The number of benzene rings is 2. The number of aromatic nitrogens is 2. The van der Waals surface area contributed by atoms with Gasteiger partial charge in [0.25, 0.3) is 0 Å². The lowest BCUT2D eigenvalue weighted by molar-refractivity contribution is -0.137. The van der Waals surface area contributed by atoms with Crippen LogP contribution in [0.3, 0.4) is 0 Å². The smallest absolute Gasteiger partial charge is 0.421 e. The van der Waals surface area contributed by atoms with Crippen LogP contribution in [0.2, 0.25) is 0 Å². The normalized spacial score (nSPS) is 14.4. The minimum Gasteiger partial charge on any atom is -0.490 e. The van der Waals surface area contributed by atoms with Gasteiger partial charge in [0.2, 0.25) is 5.95 Å². The summed E-state index contributed by atoms with van der Waals surface area (Å²) in [6, 6.07) is 14.7. The van der Waals surface area contributed by atoms with Crippen LogP contribution >= 0.6 is 0 Å². The van der Waals surface area contributed by atoms with Crippen LogP contribution in [0.4, 0.5) is 36.3 Å². The third-order valence-corrected chi connectivity index (χ3v) is 6.38. The molecule has 36 heavy (non-hydrogen) atoms. The molecule has 0 radical (unpaired) electrons. The molecule has 8 heteroatoms. The molecular weight excluding hydrogens is 465 g/mol. The van der Waals surface area contributed by atoms with Crippen molar-refractivity contribution in [3.8, 4) is 5.75 Å². The Hall–Kier alpha value is -3.29. The van der Waals surface area contributed by atoms with Gasteiger partial charge in [-0.05, 0) is 74.4 Å². The number of alkyl halides is 3. The van der Waals surface area contributed by atoms with E-state index in [-0.39, 0.29) is 17.9 Å². The van der Waals surface area contributed by atoms with Gasteiger partial charge in [-0.2, -0.15) is 18.2 Å². The van der Waals surface area contributed by atoms with Crippen molar-refractivity contribution in [2.45, 2.75) is 77.0 Å². The third kappa shape index (κ3) is 7.12. The maximum Gasteiger partial charge on any atom is 0.421 e. The summed E-state index contributed by atoms with van der Waals surface area (Å²) < 4.78 is 47.3. The van der Waals surface area contributed by atoms with Gasteiger partial charge in [-0.25, -0.2) is 4.98 Å². The minimum absolute atomic E-state index is 0.0786. The van der Waals surface area contributed by atoms with Gasteiger partial charge in [0.15, 0.2) is 0 Å². The van der Waals surface area contributed by atoms with Gasteiger partial charge in [0, 0.05) is 17.6 Å². The molecule has 0 bridgehead atoms. The zero-order valence-corrected chi connectivity index (χ0v) is 20.6. The molecule has 192 valence electrons. The Morgan fingerprint density at radius 3 is 2.42 bits per heavy atom. The van der Waals surface area contributed by atoms with Crippen LogP contribution in [0.5, 0.6) is 5.75 Å². The highest BCUT2D eigenvalue weighted by molar-refractivity contribution is 5.65. The summed E-state index contributed by atoms with van der Waals surface area (Å²) in [5.41, 5.74) is 1.33. The van der Waals surface area contributed by atoms with E-state index in [0.29, 0.717) is 11.4 Å². The van der Waals surface area contributed by atoms with E-state index in [0.717, 1.165) is 56.0 Å². The predicted molar refractivity (Wildman–Crippen MR) is 137 cm³/mol. The highest BCUT2D eigenvalue weighted by atomic mass is 19.4. The summed E-state index contributed by atoms with van der Waals surface area (Å²) in [4.78, 5) is 8.13. The van der Waals surface area contributed by atoms with Gasteiger partial charge in [-0.1, -0.05) is 44.4 Å². The number of nitrogens with zero attached hydrogens (tertiary/aromatic N) is 2. The van der Waals surface area contributed by atoms with Crippen molar-refractivity contribution in [2.24, 2.45) is 0 Å². The van der Waals surface area contributed by atoms with Crippen molar-refractivity contribution in [3.63, 3.8) is 0 Å². The van der Waals surface area contributed by atoms with Crippen LogP contribution in [0.1, 0.15) is 69.4 Å². The fourth-order valence-electron chi connectivity index (χ4n) is 4.42. The van der Waals surface area contributed by atoms with Crippen LogP contribution in [0.25, 0.3) is 0 Å². The van der Waals surface area contributed by atoms with E-state index < -0.39 is 11.7 Å². The topological polar surface area (TPSA) is 59.1 Å². The lowest BCUT2D eigenvalue weighted by atomic mass is 9.98. The number of aryl methyl sites for hydroxylation is 1. The number of para-hydroxylation sites is 1. The standard InChI is InChI=1S/C28H33F3N4O/c1-2-3-5-10-20-11-8-9-14-25(20)34-26-24(28(29,30)31)19-32-27(35-26)33-21-15-17-23(18-16-21)36-22-12-6-4-7-13-22/h8-9,11,14-19,22H,2-7,10,12-13H2,1H3,(H2,32,33,34,35). The maximum absolute atomic E-state index is 13.7. The molecule has 0 amide bonds. The van der Waals surface area contributed by atoms with Gasteiger partial charge in [-0.3, -0.25) is 0 Å². The first kappa shape index (κ1) is 25.8. The van der Waals surface area contributed by atoms with Crippen molar-refractivity contribution < 1.29 is 17.9 Å². The molecule has 2 aromatic carbocycles. The summed E-state index contributed by atoms with van der Waals surface area (Å²) in [6.07, 6.45) is 6.14. The molecule has 5 nitrogen and oxygen atoms in total. The van der Waals surface area contributed by atoms with Gasteiger partial charge in [0.1, 0.15) is 17.1 Å². The number of rotatable bonds is 10. The van der Waals surface area contributed by atoms with E-state index in [1.807, 2.05) is 36.4 Å². The van der Waals surface area contributed by atoms with Gasteiger partial charge in [0.05, 0.1) is 6.10 Å². The fourth-order valence-corrected chi connectivity index (χ4v) is 4.42. The predicted octanol–water partition coefficient (Wildman–Crippen LogP) is 8.43. The van der Waals surface area contributed by atoms with E-state index in [2.05, 4.69) is 27.5 Å². The van der Waals surface area contributed by atoms with Crippen molar-refractivity contribution in [1.82, 2.24) is 9.97 Å². The van der Waals surface area contributed by atoms with Gasteiger partial charge < -0.3 is 15.4 Å². The number of nitrogens with one attached hydrogen (secondary N) is 2. The second kappa shape index (κ2) is 12.1. The summed E-state index contributed by atoms with van der Waals surface area (Å²) in [6.45, 7) is 2.12. The van der Waals surface area contributed by atoms with E-state index in [1.54, 1.807) is 12.1 Å². The Balaban J connectivity index is 1.51. The minimum atomic E-state index is -4.59. The molecular formula is C28H33F3N4O. The number of hydrogen-bond acceptors (Lipinski definition) is 5. The van der Waals surface area contributed by atoms with E-state index in [4.69, 9.17) is 4.74 Å². The quantitative estimate of drug-likeness (QED) is 0.275. The Bertz CT molecular complexity index is 1110. The lowest BCUT2D eigenvalue weighted by Crippen LogP contribution is -2.19. The third-order valence-electron chi connectivity index (χ3n) is 6.38. The highest BCUT2D eigenvalue weighted by Crippen LogP contribution is 2.36. The molecule has 3 aromatic rings. The number of unbranched alkanes of at least 4 members (excludes halogenated alkanes) is 2. The van der Waals surface area contributed by atoms with Crippen molar-refractivity contribution in [2.75, 3.05) is 10.6 Å². The Kier molecular flexibility index (Phi) is 8.67. The average Bonchev–Trinajstić information content (AvgIpc) is 2.86. The van der Waals surface area contributed by atoms with Crippen molar-refractivity contribution in [3.05, 3.63) is 65.9 Å². The highest BCUT2D eigenvalue weighted by Gasteiger charge is 2.35. The molecule has 0 aliphatic heterocycles. The van der Waals surface area contributed by atoms with Crippen molar-refractivity contribution >= 4 is 23.1 Å². The fraction of sp³-hybridized carbons (Fsp3) is 0.429. The first-order valence-corrected chi connectivity index (χ1v) is 12.8. The van der Waals surface area contributed by atoms with Crippen LogP contribution < -0.4 is 15.4 Å². The number of anilines is 4. The molecule has 1 fully saturated rings. The molecule has 0 spiro atoms. The number of ether oxygens (including phenoxy) is 1. The number of halogens is 3. The second-order valence-corrected chi connectivity index (χ2v) is 9.22. The van der Waals surface area contributed by atoms with Crippen LogP contribution in [0, 0.1) is 0 Å². The lowest BCUT2D eigenvalue weighted by Gasteiger charge is -2.23. The molecule has 0 saturated heterocycles. The zero-order valence-electron chi connectivity index (χ0n) is 20.6. The summed E-state index contributed by atoms with van der Waals surface area (Å²) >= 11 is 0. The molecule has 1 aliphatic rings. The first-order chi connectivity index (χ1) is 17.4. The molecule has 1 saturated carbocycles. The average molecular weight is 499 g/mol. The molecule has 2 N–H and O–H groups in total. The van der Waals surface area contributed by atoms with E-state index in [1.165, 1.54) is 19.3 Å². The molecule has 1 aromatic heterocycles. The second-order valence-electron chi connectivity index (χ2n) is 9.22. The zero-order chi connectivity index (χ0) is 25.4.